The van der Waals surface area contributed by atoms with Crippen LogP contribution in [-0.2, 0) is 0 Å². The van der Waals surface area contributed by atoms with Crippen molar-refractivity contribution in [2.45, 2.75) is 6.92 Å². The first-order valence-corrected chi connectivity index (χ1v) is 5.07. The van der Waals surface area contributed by atoms with E-state index in [-0.39, 0.29) is 0 Å². The van der Waals surface area contributed by atoms with Gasteiger partial charge in [0.2, 0.25) is 0 Å². The molecular weight excluding hydrogens is 198 g/mol. The zero-order valence-electron chi connectivity index (χ0n) is 8.81. The summed E-state index contributed by atoms with van der Waals surface area (Å²) in [5.41, 5.74) is 3.49. The number of aryl methyl sites for hydroxylation is 1. The van der Waals surface area contributed by atoms with E-state index >= 15 is 0 Å². The Kier molecular flexibility index (Phi) is 1.72. The third-order valence-electron chi connectivity index (χ3n) is 2.78. The van der Waals surface area contributed by atoms with Crippen LogP contribution in [0.3, 0.4) is 0 Å². The Morgan fingerprint density at radius 3 is 2.94 bits per heavy atom. The Hall–Kier alpha value is -2.34. The van der Waals surface area contributed by atoms with Crippen molar-refractivity contribution in [1.82, 2.24) is 9.38 Å². The summed E-state index contributed by atoms with van der Waals surface area (Å²) in [7, 11) is 0. The molecule has 0 aliphatic rings. The molecule has 2 aromatic heterocycles. The summed E-state index contributed by atoms with van der Waals surface area (Å²) >= 11 is 0. The van der Waals surface area contributed by atoms with E-state index in [9.17, 15) is 0 Å². The highest BCUT2D eigenvalue weighted by atomic mass is 15.0. The van der Waals surface area contributed by atoms with Crippen molar-refractivity contribution in [3.63, 3.8) is 0 Å². The minimum absolute atomic E-state index is 0.617. The number of hydrogen-bond donors (Lipinski definition) is 0. The highest BCUT2D eigenvalue weighted by Gasteiger charge is 2.08. The molecule has 0 unspecified atom stereocenters. The lowest BCUT2D eigenvalue weighted by molar-refractivity contribution is 1.16. The van der Waals surface area contributed by atoms with Crippen LogP contribution in [-0.4, -0.2) is 9.38 Å². The van der Waals surface area contributed by atoms with Gasteiger partial charge in [0.25, 0.3) is 0 Å². The number of aromatic nitrogens is 2. The number of benzene rings is 1. The highest BCUT2D eigenvalue weighted by Crippen LogP contribution is 2.21. The van der Waals surface area contributed by atoms with Crippen LogP contribution < -0.4 is 0 Å². The van der Waals surface area contributed by atoms with Crippen LogP contribution in [0.25, 0.3) is 16.6 Å². The normalized spacial score (nSPS) is 10.8. The molecule has 3 heteroatoms. The fourth-order valence-corrected chi connectivity index (χ4v) is 2.05. The average Bonchev–Trinajstić information content (AvgIpc) is 2.71. The quantitative estimate of drug-likeness (QED) is 0.568. The first-order chi connectivity index (χ1) is 7.81. The molecule has 0 saturated carbocycles. The zero-order chi connectivity index (χ0) is 11.1. The molecule has 3 nitrogen and oxygen atoms in total. The second kappa shape index (κ2) is 3.07. The van der Waals surface area contributed by atoms with Gasteiger partial charge >= 0.3 is 0 Å². The molecule has 3 aromatic rings. The molecule has 0 fully saturated rings. The van der Waals surface area contributed by atoms with Crippen molar-refractivity contribution >= 4 is 16.6 Å². The number of imidazole rings is 1. The van der Waals surface area contributed by atoms with Crippen molar-refractivity contribution < 1.29 is 0 Å². The van der Waals surface area contributed by atoms with Crippen LogP contribution >= 0.6 is 0 Å². The molecule has 0 spiro atoms. The van der Waals surface area contributed by atoms with Gasteiger partial charge in [0, 0.05) is 11.9 Å². The predicted molar refractivity (Wildman–Crippen MR) is 62.2 cm³/mol. The fourth-order valence-electron chi connectivity index (χ4n) is 2.05. The summed E-state index contributed by atoms with van der Waals surface area (Å²) in [5, 5.41) is 10.2. The number of pyridine rings is 1. The monoisotopic (exact) mass is 207 g/mol. The SMILES string of the molecule is Cc1cnc2c(C#N)cc3ccccc3n12. The minimum Gasteiger partial charge on any atom is -0.296 e. The molecule has 0 saturated heterocycles. The number of para-hydroxylation sites is 1. The Morgan fingerprint density at radius 2 is 2.12 bits per heavy atom. The number of nitrogens with zero attached hydrogens (tertiary/aromatic N) is 3. The fraction of sp³-hybridized carbons (Fsp3) is 0.0769. The van der Waals surface area contributed by atoms with E-state index in [1.165, 1.54) is 0 Å². The molecule has 3 rings (SSSR count). The molecule has 0 amide bonds. The molecule has 0 aliphatic carbocycles. The number of rotatable bonds is 0. The van der Waals surface area contributed by atoms with Gasteiger partial charge in [0.05, 0.1) is 11.1 Å². The van der Waals surface area contributed by atoms with Crippen molar-refractivity contribution in [1.29, 1.82) is 5.26 Å². The Morgan fingerprint density at radius 1 is 1.31 bits per heavy atom. The van der Waals surface area contributed by atoms with E-state index in [4.69, 9.17) is 5.26 Å². The highest BCUT2D eigenvalue weighted by molar-refractivity contribution is 5.85. The maximum Gasteiger partial charge on any atom is 0.155 e. The van der Waals surface area contributed by atoms with Crippen LogP contribution in [0, 0.1) is 18.3 Å². The lowest BCUT2D eigenvalue weighted by atomic mass is 10.1. The van der Waals surface area contributed by atoms with Gasteiger partial charge in [-0.2, -0.15) is 5.26 Å². The topological polar surface area (TPSA) is 41.1 Å². The summed E-state index contributed by atoms with van der Waals surface area (Å²) in [4.78, 5) is 4.28. The van der Waals surface area contributed by atoms with Crippen LogP contribution in [0.2, 0.25) is 0 Å². The van der Waals surface area contributed by atoms with Gasteiger partial charge in [-0.15, -0.1) is 0 Å². The second-order valence-corrected chi connectivity index (χ2v) is 3.79. The van der Waals surface area contributed by atoms with Crippen LogP contribution in [0.1, 0.15) is 11.3 Å². The molecular formula is C13H9N3. The van der Waals surface area contributed by atoms with Gasteiger partial charge < -0.3 is 0 Å². The predicted octanol–water partition coefficient (Wildman–Crippen LogP) is 2.67. The molecule has 76 valence electrons. The first-order valence-electron chi connectivity index (χ1n) is 5.07. The number of fused-ring (bicyclic) bond motifs is 3. The zero-order valence-corrected chi connectivity index (χ0v) is 8.81. The van der Waals surface area contributed by atoms with Crippen molar-refractivity contribution in [2.75, 3.05) is 0 Å². The summed E-state index contributed by atoms with van der Waals surface area (Å²) in [6, 6.07) is 12.1. The Bertz CT molecular complexity index is 732. The van der Waals surface area contributed by atoms with Crippen molar-refractivity contribution in [3.05, 3.63) is 47.8 Å². The van der Waals surface area contributed by atoms with E-state index < -0.39 is 0 Å². The van der Waals surface area contributed by atoms with Gasteiger partial charge in [-0.05, 0) is 24.4 Å². The number of nitriles is 1. The maximum absolute atomic E-state index is 9.10. The Labute approximate surface area is 92.6 Å². The lowest BCUT2D eigenvalue weighted by Gasteiger charge is -2.04. The second-order valence-electron chi connectivity index (χ2n) is 3.79. The molecule has 2 heterocycles. The van der Waals surface area contributed by atoms with E-state index in [2.05, 4.69) is 11.1 Å². The van der Waals surface area contributed by atoms with E-state index in [1.807, 2.05) is 41.7 Å². The third-order valence-corrected chi connectivity index (χ3v) is 2.78. The molecule has 16 heavy (non-hydrogen) atoms. The average molecular weight is 207 g/mol. The maximum atomic E-state index is 9.10. The van der Waals surface area contributed by atoms with Gasteiger partial charge in [-0.3, -0.25) is 4.40 Å². The third kappa shape index (κ3) is 1.04. The summed E-state index contributed by atoms with van der Waals surface area (Å²) < 4.78 is 2.02. The van der Waals surface area contributed by atoms with Gasteiger partial charge in [-0.1, -0.05) is 18.2 Å². The van der Waals surface area contributed by atoms with Crippen molar-refractivity contribution in [3.8, 4) is 6.07 Å². The summed E-state index contributed by atoms with van der Waals surface area (Å²) in [6.45, 7) is 1.99. The standard InChI is InChI=1S/C13H9N3/c1-9-8-15-13-11(7-14)6-10-4-2-3-5-12(10)16(9)13/h2-6,8H,1H3. The molecule has 0 atom stereocenters. The lowest BCUT2D eigenvalue weighted by Crippen LogP contribution is -1.93. The van der Waals surface area contributed by atoms with Gasteiger partial charge in [-0.25, -0.2) is 4.98 Å². The Balaban J connectivity index is 2.67. The number of hydrogen-bond acceptors (Lipinski definition) is 2. The van der Waals surface area contributed by atoms with Crippen LogP contribution in [0.15, 0.2) is 36.5 Å². The molecule has 0 aliphatic heterocycles. The van der Waals surface area contributed by atoms with Gasteiger partial charge in [0.1, 0.15) is 6.07 Å². The van der Waals surface area contributed by atoms with Gasteiger partial charge in [0.15, 0.2) is 5.65 Å². The van der Waals surface area contributed by atoms with E-state index in [1.54, 1.807) is 6.20 Å². The van der Waals surface area contributed by atoms with E-state index in [0.717, 1.165) is 22.2 Å². The van der Waals surface area contributed by atoms with Crippen molar-refractivity contribution in [2.24, 2.45) is 0 Å². The molecule has 0 bridgehead atoms. The molecule has 1 aromatic carbocycles. The smallest absolute Gasteiger partial charge is 0.155 e. The molecule has 0 radical (unpaired) electrons. The largest absolute Gasteiger partial charge is 0.296 e. The minimum atomic E-state index is 0.617. The summed E-state index contributed by atoms with van der Waals surface area (Å²) in [5.74, 6) is 0. The van der Waals surface area contributed by atoms with E-state index in [0.29, 0.717) is 5.56 Å². The first kappa shape index (κ1) is 8.93. The summed E-state index contributed by atoms with van der Waals surface area (Å²) in [6.07, 6.45) is 1.79. The van der Waals surface area contributed by atoms with Crippen LogP contribution in [0.5, 0.6) is 0 Å². The molecule has 0 N–H and O–H groups in total. The van der Waals surface area contributed by atoms with Crippen LogP contribution in [0.4, 0.5) is 0 Å².